The third-order valence-electron chi connectivity index (χ3n) is 12.9. The number of benzene rings is 10. The van der Waals surface area contributed by atoms with Crippen LogP contribution in [0.4, 0.5) is 0 Å². The largest absolute Gasteiger partial charge is 0.309 e. The summed E-state index contributed by atoms with van der Waals surface area (Å²) in [4.78, 5) is 10.9. The van der Waals surface area contributed by atoms with Gasteiger partial charge in [-0.1, -0.05) is 152 Å². The van der Waals surface area contributed by atoms with Gasteiger partial charge in [0.1, 0.15) is 0 Å². The highest BCUT2D eigenvalue weighted by Crippen LogP contribution is 2.43. The van der Waals surface area contributed by atoms with E-state index < -0.39 is 0 Å². The molecule has 13 aromatic rings. The van der Waals surface area contributed by atoms with Crippen LogP contribution in [0.1, 0.15) is 23.6 Å². The van der Waals surface area contributed by atoms with Gasteiger partial charge in [-0.15, -0.1) is 22.7 Å². The van der Waals surface area contributed by atoms with Gasteiger partial charge in [0.15, 0.2) is 5.84 Å². The van der Waals surface area contributed by atoms with Crippen LogP contribution in [0.3, 0.4) is 0 Å². The molecule has 3 heterocycles. The number of fused-ring (bicyclic) bond motifs is 13. The van der Waals surface area contributed by atoms with Gasteiger partial charge in [-0.05, 0) is 87.8 Å². The predicted octanol–water partition coefficient (Wildman–Crippen LogP) is 16.9. The summed E-state index contributed by atoms with van der Waals surface area (Å²) in [5.41, 5.74) is 7.98. The van der Waals surface area contributed by atoms with Crippen LogP contribution in [0, 0.1) is 0 Å². The number of rotatable bonds is 5. The second kappa shape index (κ2) is 14.4. The Kier molecular flexibility index (Phi) is 8.32. The van der Waals surface area contributed by atoms with Crippen LogP contribution in [-0.2, 0) is 0 Å². The van der Waals surface area contributed by atoms with Crippen molar-refractivity contribution in [1.29, 1.82) is 0 Å². The minimum Gasteiger partial charge on any atom is -0.309 e. The van der Waals surface area contributed by atoms with Gasteiger partial charge < -0.3 is 4.57 Å². The molecule has 3 nitrogen and oxygen atoms in total. The first-order chi connectivity index (χ1) is 31.5. The predicted molar refractivity (Wildman–Crippen MR) is 280 cm³/mol. The summed E-state index contributed by atoms with van der Waals surface area (Å²) >= 11 is 3.67. The van der Waals surface area contributed by atoms with Crippen LogP contribution in [0.15, 0.2) is 211 Å². The topological polar surface area (TPSA) is 29.6 Å². The first-order valence-electron chi connectivity index (χ1n) is 21.6. The number of para-hydroxylation sites is 1. The quantitative estimate of drug-likeness (QED) is 0.122. The zero-order valence-corrected chi connectivity index (χ0v) is 36.5. The molecule has 3 aromatic heterocycles. The van der Waals surface area contributed by atoms with Crippen LogP contribution < -0.4 is 0 Å². The van der Waals surface area contributed by atoms with E-state index in [1.807, 2.05) is 11.3 Å². The molecular formula is C59H37N3S2. The number of aromatic nitrogens is 1. The zero-order valence-electron chi connectivity index (χ0n) is 34.8. The molecule has 0 fully saturated rings. The standard InChI is InChI=1S/C59H37N3S2/c1-35(39-24-23-37-13-3-4-15-40(37)29-39)60-59(43-26-27-48-47-20-10-12-22-54(47)63-55(48)32-43)61-36(2)50-33-44(34-56-57(50)49-28-25-38-14-7-8-18-45(38)58(49)64-56)62-52-21-11-9-19-46(52)51-30-41-16-5-6-17-42(41)31-53(51)62/h3-34H,1H2,2H3. The molecule has 0 unspecified atom stereocenters. The second-order valence-corrected chi connectivity index (χ2v) is 18.8. The molecule has 13 rings (SSSR count). The Morgan fingerprint density at radius 2 is 1.08 bits per heavy atom. The number of thiophene rings is 2. The van der Waals surface area contributed by atoms with Crippen LogP contribution in [-0.4, -0.2) is 16.1 Å². The fourth-order valence-corrected chi connectivity index (χ4v) is 12.2. The number of amidine groups is 1. The van der Waals surface area contributed by atoms with E-state index in [4.69, 9.17) is 9.98 Å². The van der Waals surface area contributed by atoms with Crippen molar-refractivity contribution in [2.24, 2.45) is 9.98 Å². The smallest absolute Gasteiger partial charge is 0.160 e. The maximum absolute atomic E-state index is 5.60. The van der Waals surface area contributed by atoms with Crippen LogP contribution in [0.2, 0.25) is 0 Å². The minimum atomic E-state index is 0.627. The Morgan fingerprint density at radius 1 is 0.438 bits per heavy atom. The molecule has 10 aromatic carbocycles. The lowest BCUT2D eigenvalue weighted by atomic mass is 9.99. The summed E-state index contributed by atoms with van der Waals surface area (Å²) in [6, 6.07) is 70.3. The summed E-state index contributed by atoms with van der Waals surface area (Å²) in [5, 5.41) is 14.7. The zero-order chi connectivity index (χ0) is 42.5. The molecule has 0 radical (unpaired) electrons. The highest BCUT2D eigenvalue weighted by molar-refractivity contribution is 7.27. The van der Waals surface area contributed by atoms with E-state index in [0.717, 1.165) is 33.5 Å². The van der Waals surface area contributed by atoms with Crippen molar-refractivity contribution in [3.05, 3.63) is 217 Å². The Labute approximate surface area is 376 Å². The summed E-state index contributed by atoms with van der Waals surface area (Å²) < 4.78 is 7.41. The Morgan fingerprint density at radius 3 is 1.92 bits per heavy atom. The lowest BCUT2D eigenvalue weighted by Crippen LogP contribution is -2.06. The van der Waals surface area contributed by atoms with Crippen molar-refractivity contribution >= 4 is 134 Å². The Hall–Kier alpha value is -7.70. The third kappa shape index (κ3) is 5.86. The van der Waals surface area contributed by atoms with Gasteiger partial charge in [0, 0.05) is 79.2 Å². The maximum Gasteiger partial charge on any atom is 0.160 e. The monoisotopic (exact) mass is 851 g/mol. The fraction of sp³-hybridized carbons (Fsp3) is 0.0169. The van der Waals surface area contributed by atoms with Crippen LogP contribution in [0.5, 0.6) is 0 Å². The molecule has 5 heteroatoms. The van der Waals surface area contributed by atoms with E-state index in [1.54, 1.807) is 11.3 Å². The molecule has 64 heavy (non-hydrogen) atoms. The fourth-order valence-electron chi connectivity index (χ4n) is 9.77. The van der Waals surface area contributed by atoms with Crippen molar-refractivity contribution in [3.8, 4) is 5.69 Å². The van der Waals surface area contributed by atoms with Gasteiger partial charge in [-0.2, -0.15) is 0 Å². The summed E-state index contributed by atoms with van der Waals surface area (Å²) in [5.74, 6) is 0.627. The molecule has 0 atom stereocenters. The van der Waals surface area contributed by atoms with Gasteiger partial charge in [0.2, 0.25) is 0 Å². The van der Waals surface area contributed by atoms with Gasteiger partial charge in [0.25, 0.3) is 0 Å². The molecule has 0 bridgehead atoms. The van der Waals surface area contributed by atoms with Crippen LogP contribution in [0.25, 0.3) is 106 Å². The average Bonchev–Trinajstić information content (AvgIpc) is 4.01. The molecule has 0 saturated carbocycles. The van der Waals surface area contributed by atoms with E-state index in [-0.39, 0.29) is 0 Å². The molecule has 0 aliphatic carbocycles. The van der Waals surface area contributed by atoms with Gasteiger partial charge in [0.05, 0.1) is 16.7 Å². The van der Waals surface area contributed by atoms with Gasteiger partial charge in [-0.3, -0.25) is 0 Å². The normalized spacial score (nSPS) is 12.7. The first kappa shape index (κ1) is 36.9. The first-order valence-corrected chi connectivity index (χ1v) is 23.2. The van der Waals surface area contributed by atoms with Crippen molar-refractivity contribution in [2.45, 2.75) is 6.92 Å². The molecular weight excluding hydrogens is 815 g/mol. The molecule has 0 aliphatic rings. The van der Waals surface area contributed by atoms with E-state index in [0.29, 0.717) is 11.5 Å². The Bertz CT molecular complexity index is 4180. The van der Waals surface area contributed by atoms with E-state index in [2.05, 4.69) is 212 Å². The van der Waals surface area contributed by atoms with Crippen molar-refractivity contribution in [2.75, 3.05) is 0 Å². The van der Waals surface area contributed by atoms with Crippen molar-refractivity contribution in [1.82, 2.24) is 4.57 Å². The summed E-state index contributed by atoms with van der Waals surface area (Å²) in [7, 11) is 0. The SMILES string of the molecule is C=C(N=C(N=C(C)c1cc(-n2c3ccccc3c3cc4ccccc4cc32)cc2sc3c4ccccc4ccc3c12)c1ccc2c(c1)sc1ccccc12)c1ccc2ccccc2c1. The summed E-state index contributed by atoms with van der Waals surface area (Å²) in [6.45, 7) is 6.70. The molecule has 0 saturated heterocycles. The van der Waals surface area contributed by atoms with Gasteiger partial charge >= 0.3 is 0 Å². The molecule has 0 N–H and O–H groups in total. The molecule has 0 spiro atoms. The number of hydrogen-bond acceptors (Lipinski definition) is 3. The van der Waals surface area contributed by atoms with E-state index in [1.165, 1.54) is 89.1 Å². The molecule has 0 amide bonds. The lowest BCUT2D eigenvalue weighted by Gasteiger charge is -2.13. The highest BCUT2D eigenvalue weighted by Gasteiger charge is 2.20. The third-order valence-corrected chi connectivity index (χ3v) is 15.2. The number of hydrogen-bond donors (Lipinski definition) is 0. The second-order valence-electron chi connectivity index (χ2n) is 16.7. The minimum absolute atomic E-state index is 0.627. The molecule has 0 aliphatic heterocycles. The molecule has 300 valence electrons. The van der Waals surface area contributed by atoms with Crippen molar-refractivity contribution in [3.63, 3.8) is 0 Å². The number of nitrogens with zero attached hydrogens (tertiary/aromatic N) is 3. The van der Waals surface area contributed by atoms with Crippen molar-refractivity contribution < 1.29 is 0 Å². The number of aliphatic imine (C=N–C) groups is 2. The van der Waals surface area contributed by atoms with E-state index in [9.17, 15) is 0 Å². The highest BCUT2D eigenvalue weighted by atomic mass is 32.1. The maximum atomic E-state index is 5.60. The van der Waals surface area contributed by atoms with Gasteiger partial charge in [-0.25, -0.2) is 9.98 Å². The Balaban J connectivity index is 1.07. The van der Waals surface area contributed by atoms with Crippen LogP contribution >= 0.6 is 22.7 Å². The average molecular weight is 852 g/mol. The summed E-state index contributed by atoms with van der Waals surface area (Å²) in [6.07, 6.45) is 0. The van der Waals surface area contributed by atoms with E-state index >= 15 is 0 Å². The lowest BCUT2D eigenvalue weighted by molar-refractivity contribution is 1.19.